The second-order valence-corrected chi connectivity index (χ2v) is 7.44. The summed E-state index contributed by atoms with van der Waals surface area (Å²) in [7, 11) is 1.35. The van der Waals surface area contributed by atoms with E-state index in [1.807, 2.05) is 25.1 Å². The van der Waals surface area contributed by atoms with E-state index in [1.165, 1.54) is 18.4 Å². The highest BCUT2D eigenvalue weighted by Gasteiger charge is 2.22. The molecule has 27 heavy (non-hydrogen) atoms. The number of esters is 1. The third-order valence-electron chi connectivity index (χ3n) is 4.50. The minimum Gasteiger partial charge on any atom is -0.465 e. The fourth-order valence-corrected chi connectivity index (χ4v) is 4.02. The molecule has 1 aliphatic rings. The minimum absolute atomic E-state index is 0.115. The first kappa shape index (κ1) is 19.3. The Kier molecular flexibility index (Phi) is 6.41. The number of thiophene rings is 1. The quantitative estimate of drug-likeness (QED) is 0.765. The molecule has 3 heterocycles. The highest BCUT2D eigenvalue weighted by Crippen LogP contribution is 2.29. The van der Waals surface area contributed by atoms with Gasteiger partial charge < -0.3 is 15.0 Å². The molecule has 0 spiro atoms. The van der Waals surface area contributed by atoms with E-state index in [-0.39, 0.29) is 5.91 Å². The first-order valence-electron chi connectivity index (χ1n) is 9.00. The van der Waals surface area contributed by atoms with Crippen molar-refractivity contribution in [3.05, 3.63) is 40.9 Å². The van der Waals surface area contributed by atoms with Crippen LogP contribution in [0.1, 0.15) is 22.2 Å². The number of nitrogens with one attached hydrogen (secondary N) is 1. The van der Waals surface area contributed by atoms with Crippen molar-refractivity contribution in [2.45, 2.75) is 13.3 Å². The van der Waals surface area contributed by atoms with Gasteiger partial charge in [-0.05, 0) is 24.6 Å². The molecular weight excluding hydrogens is 364 g/mol. The number of hydrogen-bond donors (Lipinski definition) is 1. The smallest absolute Gasteiger partial charge is 0.340 e. The lowest BCUT2D eigenvalue weighted by molar-refractivity contribution is -0.117. The molecule has 1 amide bonds. The molecule has 1 N–H and O–H groups in total. The van der Waals surface area contributed by atoms with Gasteiger partial charge in [0.25, 0.3) is 0 Å². The van der Waals surface area contributed by atoms with Crippen LogP contribution in [-0.2, 0) is 16.0 Å². The predicted molar refractivity (Wildman–Crippen MR) is 107 cm³/mol. The number of methoxy groups -OCH3 is 1. The number of carbonyl (C=O) groups is 2. The zero-order chi connectivity index (χ0) is 19.2. The zero-order valence-corrected chi connectivity index (χ0v) is 16.4. The van der Waals surface area contributed by atoms with Crippen molar-refractivity contribution in [1.82, 2.24) is 9.88 Å². The first-order valence-corrected chi connectivity index (χ1v) is 9.81. The van der Waals surface area contributed by atoms with E-state index >= 15 is 0 Å². The first-order chi connectivity index (χ1) is 13.1. The normalized spacial score (nSPS) is 14.8. The maximum atomic E-state index is 12.5. The Labute approximate surface area is 162 Å². The van der Waals surface area contributed by atoms with Gasteiger partial charge in [0.2, 0.25) is 5.91 Å². The van der Waals surface area contributed by atoms with Crippen LogP contribution in [0.25, 0.3) is 0 Å². The van der Waals surface area contributed by atoms with Crippen molar-refractivity contribution in [2.75, 3.05) is 50.1 Å². The summed E-state index contributed by atoms with van der Waals surface area (Å²) in [6.07, 6.45) is 2.60. The molecule has 144 valence electrons. The average Bonchev–Trinajstić information content (AvgIpc) is 3.11. The predicted octanol–water partition coefficient (Wildman–Crippen LogP) is 2.25. The van der Waals surface area contributed by atoms with E-state index in [4.69, 9.17) is 4.74 Å². The molecule has 1 aliphatic heterocycles. The number of aryl methyl sites for hydroxylation is 1. The number of piperazine rings is 1. The summed E-state index contributed by atoms with van der Waals surface area (Å²) in [5.74, 6) is 0.427. The molecule has 7 nitrogen and oxygen atoms in total. The third-order valence-corrected chi connectivity index (χ3v) is 5.70. The van der Waals surface area contributed by atoms with Gasteiger partial charge in [0.05, 0.1) is 19.2 Å². The third kappa shape index (κ3) is 4.84. The van der Waals surface area contributed by atoms with Crippen LogP contribution in [0.5, 0.6) is 0 Å². The molecule has 0 atom stereocenters. The van der Waals surface area contributed by atoms with Gasteiger partial charge in [0.15, 0.2) is 0 Å². The van der Waals surface area contributed by atoms with E-state index in [9.17, 15) is 9.59 Å². The number of amides is 1. The molecule has 0 aliphatic carbocycles. The SMILES string of the molecule is CCc1cc(C(=O)OC)c(NC(=O)CN2CCN(c3ccccn3)CC2)s1. The van der Waals surface area contributed by atoms with E-state index < -0.39 is 5.97 Å². The van der Waals surface area contributed by atoms with Gasteiger partial charge in [-0.1, -0.05) is 13.0 Å². The van der Waals surface area contributed by atoms with Crippen molar-refractivity contribution < 1.29 is 14.3 Å². The zero-order valence-electron chi connectivity index (χ0n) is 15.6. The maximum Gasteiger partial charge on any atom is 0.340 e. The number of carbonyl (C=O) groups excluding carboxylic acids is 2. The monoisotopic (exact) mass is 388 g/mol. The van der Waals surface area contributed by atoms with Gasteiger partial charge in [-0.3, -0.25) is 9.69 Å². The largest absolute Gasteiger partial charge is 0.465 e. The Morgan fingerprint density at radius 1 is 1.26 bits per heavy atom. The number of ether oxygens (including phenoxy) is 1. The van der Waals surface area contributed by atoms with Crippen LogP contribution in [0, 0.1) is 0 Å². The van der Waals surface area contributed by atoms with Gasteiger partial charge in [-0.2, -0.15) is 0 Å². The number of hydrogen-bond acceptors (Lipinski definition) is 7. The van der Waals surface area contributed by atoms with E-state index in [0.717, 1.165) is 43.3 Å². The van der Waals surface area contributed by atoms with Gasteiger partial charge in [-0.25, -0.2) is 9.78 Å². The summed E-state index contributed by atoms with van der Waals surface area (Å²) in [5.41, 5.74) is 0.424. The Balaban J connectivity index is 1.55. The van der Waals surface area contributed by atoms with E-state index in [2.05, 4.69) is 20.1 Å². The average molecular weight is 388 g/mol. The molecule has 8 heteroatoms. The summed E-state index contributed by atoms with van der Waals surface area (Å²) in [6, 6.07) is 7.67. The van der Waals surface area contributed by atoms with Gasteiger partial charge >= 0.3 is 5.97 Å². The van der Waals surface area contributed by atoms with Gasteiger partial charge in [0, 0.05) is 37.3 Å². The lowest BCUT2D eigenvalue weighted by atomic mass is 10.2. The maximum absolute atomic E-state index is 12.5. The molecular formula is C19H24N4O3S. The van der Waals surface area contributed by atoms with Crippen molar-refractivity contribution in [2.24, 2.45) is 0 Å². The van der Waals surface area contributed by atoms with Crippen molar-refractivity contribution >= 4 is 34.0 Å². The summed E-state index contributed by atoms with van der Waals surface area (Å²) in [6.45, 7) is 5.56. The van der Waals surface area contributed by atoms with Crippen LogP contribution in [0.3, 0.4) is 0 Å². The summed E-state index contributed by atoms with van der Waals surface area (Å²) in [4.78, 5) is 34.1. The lowest BCUT2D eigenvalue weighted by Crippen LogP contribution is -2.48. The Morgan fingerprint density at radius 3 is 2.67 bits per heavy atom. The van der Waals surface area contributed by atoms with E-state index in [1.54, 1.807) is 12.3 Å². The van der Waals surface area contributed by atoms with Crippen LogP contribution in [0.15, 0.2) is 30.5 Å². The summed E-state index contributed by atoms with van der Waals surface area (Å²) in [5, 5.41) is 3.45. The number of anilines is 2. The Bertz CT molecular complexity index is 786. The number of pyridine rings is 1. The molecule has 0 aromatic carbocycles. The number of nitrogens with zero attached hydrogens (tertiary/aromatic N) is 3. The molecule has 3 rings (SSSR count). The Hall–Kier alpha value is -2.45. The van der Waals surface area contributed by atoms with Crippen LogP contribution in [0.4, 0.5) is 10.8 Å². The highest BCUT2D eigenvalue weighted by molar-refractivity contribution is 7.16. The second-order valence-electron chi connectivity index (χ2n) is 6.30. The van der Waals surface area contributed by atoms with Crippen molar-refractivity contribution in [3.8, 4) is 0 Å². The lowest BCUT2D eigenvalue weighted by Gasteiger charge is -2.34. The van der Waals surface area contributed by atoms with Crippen LogP contribution < -0.4 is 10.2 Å². The number of rotatable bonds is 6. The molecule has 2 aromatic heterocycles. The molecule has 1 saturated heterocycles. The summed E-state index contributed by atoms with van der Waals surface area (Å²) < 4.78 is 4.81. The topological polar surface area (TPSA) is 74.8 Å². The Morgan fingerprint density at radius 2 is 2.04 bits per heavy atom. The fourth-order valence-electron chi connectivity index (χ4n) is 3.02. The van der Waals surface area contributed by atoms with Crippen LogP contribution >= 0.6 is 11.3 Å². The van der Waals surface area contributed by atoms with Crippen LogP contribution in [-0.4, -0.2) is 61.6 Å². The molecule has 0 saturated carbocycles. The minimum atomic E-state index is -0.426. The fraction of sp³-hybridized carbons (Fsp3) is 0.421. The highest BCUT2D eigenvalue weighted by atomic mass is 32.1. The van der Waals surface area contributed by atoms with E-state index in [0.29, 0.717) is 17.1 Å². The van der Waals surface area contributed by atoms with Gasteiger partial charge in [0.1, 0.15) is 10.8 Å². The molecule has 0 radical (unpaired) electrons. The van der Waals surface area contributed by atoms with Crippen molar-refractivity contribution in [3.63, 3.8) is 0 Å². The second kappa shape index (κ2) is 8.96. The standard InChI is InChI=1S/C19H24N4O3S/c1-3-14-12-15(19(25)26-2)18(27-14)21-17(24)13-22-8-10-23(11-9-22)16-6-4-5-7-20-16/h4-7,12H,3,8-11,13H2,1-2H3,(H,21,24). The summed E-state index contributed by atoms with van der Waals surface area (Å²) >= 11 is 1.42. The molecule has 2 aromatic rings. The van der Waals surface area contributed by atoms with Gasteiger partial charge in [-0.15, -0.1) is 11.3 Å². The molecule has 0 unspecified atom stereocenters. The number of aromatic nitrogens is 1. The van der Waals surface area contributed by atoms with Crippen molar-refractivity contribution in [1.29, 1.82) is 0 Å². The van der Waals surface area contributed by atoms with Crippen LogP contribution in [0.2, 0.25) is 0 Å². The molecule has 0 bridgehead atoms. The molecule has 1 fully saturated rings.